The Hall–Kier alpha value is -2.18. The van der Waals surface area contributed by atoms with Crippen molar-refractivity contribution in [3.05, 3.63) is 35.4 Å². The highest BCUT2D eigenvalue weighted by atomic mass is 19.1. The van der Waals surface area contributed by atoms with Crippen LogP contribution in [0.2, 0.25) is 0 Å². The molecule has 0 aliphatic carbocycles. The highest BCUT2D eigenvalue weighted by Gasteiger charge is 2.26. The maximum atomic E-state index is 13.4. The summed E-state index contributed by atoms with van der Waals surface area (Å²) in [6, 6.07) is 3.10. The van der Waals surface area contributed by atoms with E-state index in [1.54, 1.807) is 13.8 Å². The van der Waals surface area contributed by atoms with E-state index in [2.05, 4.69) is 10.5 Å². The number of halogens is 2. The van der Waals surface area contributed by atoms with Gasteiger partial charge in [0.1, 0.15) is 17.6 Å². The van der Waals surface area contributed by atoms with Crippen LogP contribution in [0.15, 0.2) is 23.4 Å². The third kappa shape index (κ3) is 3.91. The molecule has 0 bridgehead atoms. The topological polar surface area (TPSA) is 87.7 Å². The van der Waals surface area contributed by atoms with Crippen LogP contribution in [0.1, 0.15) is 19.4 Å². The smallest absolute Gasteiger partial charge is 0.231 e. The molecule has 5 nitrogen and oxygen atoms in total. The molecule has 0 heterocycles. The second-order valence-electron chi connectivity index (χ2n) is 4.70. The summed E-state index contributed by atoms with van der Waals surface area (Å²) >= 11 is 0. The molecule has 1 unspecified atom stereocenters. The van der Waals surface area contributed by atoms with Gasteiger partial charge in [-0.25, -0.2) is 8.78 Å². The van der Waals surface area contributed by atoms with Crippen LogP contribution >= 0.6 is 0 Å². The number of nitrogens with one attached hydrogen (secondary N) is 1. The molecule has 7 heteroatoms. The van der Waals surface area contributed by atoms with Gasteiger partial charge in [-0.3, -0.25) is 4.79 Å². The SMILES string of the molecule is CC(C)C(C(=O)NCc1ccc(F)cc1F)C(N)=NO. The number of oxime groups is 1. The van der Waals surface area contributed by atoms with Gasteiger partial charge in [0.05, 0.1) is 0 Å². The van der Waals surface area contributed by atoms with Crippen molar-refractivity contribution in [2.45, 2.75) is 20.4 Å². The van der Waals surface area contributed by atoms with E-state index in [1.165, 1.54) is 6.07 Å². The number of amides is 1. The zero-order chi connectivity index (χ0) is 15.3. The lowest BCUT2D eigenvalue weighted by Crippen LogP contribution is -2.41. The zero-order valence-corrected chi connectivity index (χ0v) is 11.2. The molecule has 0 fully saturated rings. The van der Waals surface area contributed by atoms with E-state index in [9.17, 15) is 13.6 Å². The third-order valence-corrected chi connectivity index (χ3v) is 2.85. The predicted octanol–water partition coefficient (Wildman–Crippen LogP) is 1.60. The van der Waals surface area contributed by atoms with Gasteiger partial charge in [0.15, 0.2) is 5.84 Å². The van der Waals surface area contributed by atoms with Crippen LogP contribution in [0.25, 0.3) is 0 Å². The minimum atomic E-state index is -0.816. The lowest BCUT2D eigenvalue weighted by atomic mass is 9.94. The molecule has 1 aromatic rings. The number of carbonyl (C=O) groups is 1. The molecule has 4 N–H and O–H groups in total. The lowest BCUT2D eigenvalue weighted by molar-refractivity contribution is -0.124. The number of benzene rings is 1. The molecule has 1 amide bonds. The molecule has 0 spiro atoms. The molecule has 20 heavy (non-hydrogen) atoms. The van der Waals surface area contributed by atoms with Gasteiger partial charge < -0.3 is 16.3 Å². The van der Waals surface area contributed by atoms with Crippen molar-refractivity contribution >= 4 is 11.7 Å². The van der Waals surface area contributed by atoms with Crippen LogP contribution in [-0.4, -0.2) is 17.0 Å². The van der Waals surface area contributed by atoms with Crippen molar-refractivity contribution in [3.8, 4) is 0 Å². The van der Waals surface area contributed by atoms with Gasteiger partial charge in [-0.05, 0) is 12.0 Å². The number of amidine groups is 1. The summed E-state index contributed by atoms with van der Waals surface area (Å²) in [7, 11) is 0. The molecule has 110 valence electrons. The Kier molecular flexibility index (Phi) is 5.42. The minimum Gasteiger partial charge on any atom is -0.409 e. The highest BCUT2D eigenvalue weighted by Crippen LogP contribution is 2.13. The van der Waals surface area contributed by atoms with E-state index in [4.69, 9.17) is 10.9 Å². The first kappa shape index (κ1) is 15.9. The van der Waals surface area contributed by atoms with E-state index in [-0.39, 0.29) is 23.9 Å². The molecule has 0 aliphatic rings. The van der Waals surface area contributed by atoms with E-state index < -0.39 is 23.5 Å². The Morgan fingerprint density at radius 3 is 2.60 bits per heavy atom. The quantitative estimate of drug-likeness (QED) is 0.332. The van der Waals surface area contributed by atoms with Gasteiger partial charge in [0, 0.05) is 18.2 Å². The van der Waals surface area contributed by atoms with Crippen LogP contribution in [0.3, 0.4) is 0 Å². The molecule has 0 aliphatic heterocycles. The maximum absolute atomic E-state index is 13.4. The van der Waals surface area contributed by atoms with Crippen molar-refractivity contribution in [2.24, 2.45) is 22.7 Å². The highest BCUT2D eigenvalue weighted by molar-refractivity contribution is 6.02. The fourth-order valence-corrected chi connectivity index (χ4v) is 1.80. The summed E-state index contributed by atoms with van der Waals surface area (Å²) in [6.45, 7) is 3.37. The summed E-state index contributed by atoms with van der Waals surface area (Å²) in [6.07, 6.45) is 0. The monoisotopic (exact) mass is 285 g/mol. The second kappa shape index (κ2) is 6.83. The van der Waals surface area contributed by atoms with Gasteiger partial charge in [0.2, 0.25) is 5.91 Å². The van der Waals surface area contributed by atoms with Crippen LogP contribution in [0.4, 0.5) is 8.78 Å². The molecular weight excluding hydrogens is 268 g/mol. The molecular formula is C13H17F2N3O2. The van der Waals surface area contributed by atoms with Crippen molar-refractivity contribution in [2.75, 3.05) is 0 Å². The Morgan fingerprint density at radius 1 is 1.45 bits per heavy atom. The van der Waals surface area contributed by atoms with Crippen molar-refractivity contribution in [1.82, 2.24) is 5.32 Å². The molecule has 1 rings (SSSR count). The van der Waals surface area contributed by atoms with Crippen LogP contribution < -0.4 is 11.1 Å². The maximum Gasteiger partial charge on any atom is 0.231 e. The second-order valence-corrected chi connectivity index (χ2v) is 4.70. The standard InChI is InChI=1S/C13H17F2N3O2/c1-7(2)11(12(16)18-20)13(19)17-6-8-3-4-9(14)5-10(8)15/h3-5,7,11,20H,6H2,1-2H3,(H2,16,18)(H,17,19). The Bertz CT molecular complexity index is 518. The third-order valence-electron chi connectivity index (χ3n) is 2.85. The van der Waals surface area contributed by atoms with Gasteiger partial charge >= 0.3 is 0 Å². The molecule has 1 atom stereocenters. The largest absolute Gasteiger partial charge is 0.409 e. The van der Waals surface area contributed by atoms with E-state index in [1.807, 2.05) is 0 Å². The number of carbonyl (C=O) groups excluding carboxylic acids is 1. The minimum absolute atomic E-state index is 0.104. The summed E-state index contributed by atoms with van der Waals surface area (Å²) in [5.41, 5.74) is 5.61. The fourth-order valence-electron chi connectivity index (χ4n) is 1.80. The average molecular weight is 285 g/mol. The number of nitrogens with two attached hydrogens (primary N) is 1. The van der Waals surface area contributed by atoms with Gasteiger partial charge in [0.25, 0.3) is 0 Å². The Balaban J connectivity index is 2.75. The molecule has 0 saturated heterocycles. The summed E-state index contributed by atoms with van der Waals surface area (Å²) in [5, 5.41) is 14.0. The Morgan fingerprint density at radius 2 is 2.10 bits per heavy atom. The fraction of sp³-hybridized carbons (Fsp3) is 0.385. The molecule has 1 aromatic carbocycles. The number of nitrogens with zero attached hydrogens (tertiary/aromatic N) is 1. The zero-order valence-electron chi connectivity index (χ0n) is 11.2. The van der Waals surface area contributed by atoms with Crippen LogP contribution in [-0.2, 0) is 11.3 Å². The van der Waals surface area contributed by atoms with Crippen molar-refractivity contribution in [1.29, 1.82) is 0 Å². The van der Waals surface area contributed by atoms with Crippen molar-refractivity contribution < 1.29 is 18.8 Å². The first-order chi connectivity index (χ1) is 9.36. The van der Waals surface area contributed by atoms with E-state index in [0.717, 1.165) is 12.1 Å². The Labute approximate surface area is 115 Å². The van der Waals surface area contributed by atoms with Gasteiger partial charge in [-0.15, -0.1) is 0 Å². The first-order valence-electron chi connectivity index (χ1n) is 6.05. The van der Waals surface area contributed by atoms with Gasteiger partial charge in [-0.2, -0.15) is 0 Å². The number of hydrogen-bond acceptors (Lipinski definition) is 3. The van der Waals surface area contributed by atoms with Gasteiger partial charge in [-0.1, -0.05) is 25.1 Å². The normalized spacial score (nSPS) is 13.3. The van der Waals surface area contributed by atoms with Crippen LogP contribution in [0, 0.1) is 23.5 Å². The number of rotatable bonds is 5. The van der Waals surface area contributed by atoms with Crippen molar-refractivity contribution in [3.63, 3.8) is 0 Å². The summed E-state index contributed by atoms with van der Waals surface area (Å²) < 4.78 is 26.2. The molecule has 0 radical (unpaired) electrons. The predicted molar refractivity (Wildman–Crippen MR) is 69.9 cm³/mol. The van der Waals surface area contributed by atoms with E-state index in [0.29, 0.717) is 0 Å². The molecule has 0 saturated carbocycles. The average Bonchev–Trinajstić information content (AvgIpc) is 2.37. The summed E-state index contributed by atoms with van der Waals surface area (Å²) in [4.78, 5) is 12.0. The van der Waals surface area contributed by atoms with Crippen LogP contribution in [0.5, 0.6) is 0 Å². The van der Waals surface area contributed by atoms with E-state index >= 15 is 0 Å². The summed E-state index contributed by atoms with van der Waals surface area (Å²) in [5.74, 6) is -3.13. The molecule has 0 aromatic heterocycles. The first-order valence-corrected chi connectivity index (χ1v) is 6.05. The lowest BCUT2D eigenvalue weighted by Gasteiger charge is -2.18. The number of hydrogen-bond donors (Lipinski definition) is 3.